The second kappa shape index (κ2) is 10.6. The van der Waals surface area contributed by atoms with E-state index in [0.717, 1.165) is 30.2 Å². The van der Waals surface area contributed by atoms with Crippen LogP contribution in [-0.4, -0.2) is 47.2 Å². The minimum Gasteiger partial charge on any atom is -0.373 e. The first-order valence-corrected chi connectivity index (χ1v) is 12.6. The zero-order valence-corrected chi connectivity index (χ0v) is 21.4. The molecule has 0 unspecified atom stereocenters. The number of aryl methyl sites for hydroxylation is 1. The number of rotatable bonds is 6. The summed E-state index contributed by atoms with van der Waals surface area (Å²) in [4.78, 5) is 6.99. The van der Waals surface area contributed by atoms with Crippen molar-refractivity contribution >= 4 is 16.6 Å². The summed E-state index contributed by atoms with van der Waals surface area (Å²) in [5.74, 6) is 6.67. The Morgan fingerprint density at radius 2 is 1.88 bits per heavy atom. The smallest absolute Gasteiger partial charge is 0.0931 e. The lowest BCUT2D eigenvalue weighted by molar-refractivity contribution is 0.234. The van der Waals surface area contributed by atoms with E-state index in [2.05, 4.69) is 108 Å². The van der Waals surface area contributed by atoms with Crippen molar-refractivity contribution in [3.05, 3.63) is 59.5 Å². The fourth-order valence-corrected chi connectivity index (χ4v) is 4.57. The van der Waals surface area contributed by atoms with Crippen molar-refractivity contribution in [3.63, 3.8) is 0 Å². The van der Waals surface area contributed by atoms with Gasteiger partial charge in [0.05, 0.1) is 24.1 Å². The van der Waals surface area contributed by atoms with E-state index in [9.17, 15) is 0 Å². The molecule has 1 aliphatic heterocycles. The molecule has 0 amide bonds. The van der Waals surface area contributed by atoms with Gasteiger partial charge in [0.2, 0.25) is 0 Å². The number of aromatic nitrogens is 2. The van der Waals surface area contributed by atoms with Gasteiger partial charge in [-0.25, -0.2) is 0 Å². The van der Waals surface area contributed by atoms with E-state index in [1.807, 2.05) is 6.20 Å². The van der Waals surface area contributed by atoms with Gasteiger partial charge in [-0.2, -0.15) is 0 Å². The lowest BCUT2D eigenvalue weighted by Crippen LogP contribution is -2.40. The lowest BCUT2D eigenvalue weighted by Gasteiger charge is -2.29. The number of nitrogens with zero attached hydrogens (tertiary/aromatic N) is 3. The maximum Gasteiger partial charge on any atom is 0.0931 e. The number of pyridine rings is 1. The summed E-state index contributed by atoms with van der Waals surface area (Å²) in [5.41, 5.74) is 5.82. The average molecular weight is 458 g/mol. The van der Waals surface area contributed by atoms with Crippen molar-refractivity contribution in [2.45, 2.75) is 65.1 Å². The van der Waals surface area contributed by atoms with Gasteiger partial charge < -0.3 is 20.1 Å². The molecular weight excluding hydrogens is 418 g/mol. The van der Waals surface area contributed by atoms with Crippen LogP contribution in [0.3, 0.4) is 0 Å². The number of benzene rings is 1. The number of fused-ring (bicyclic) bond motifs is 1. The normalized spacial score (nSPS) is 15.3. The van der Waals surface area contributed by atoms with Gasteiger partial charge in [0.25, 0.3) is 0 Å². The standard InChI is InChI=1S/C29H39N5/c1-6-34-26(8-7-15-30-25-10-12-28(32-21-25)29(2,3)4)19-23-18-22(9-11-27(23)34)20-31-24-13-16-33(5)17-14-24/h9-12,18-19,21,24,30-31H,6,13-17,20H2,1-5H3. The van der Waals surface area contributed by atoms with Crippen molar-refractivity contribution in [3.8, 4) is 11.8 Å². The van der Waals surface area contributed by atoms with Gasteiger partial charge in [0, 0.05) is 41.1 Å². The van der Waals surface area contributed by atoms with E-state index in [0.29, 0.717) is 12.6 Å². The number of piperidine rings is 1. The molecule has 34 heavy (non-hydrogen) atoms. The summed E-state index contributed by atoms with van der Waals surface area (Å²) in [6.45, 7) is 13.5. The molecule has 5 heteroatoms. The maximum atomic E-state index is 4.58. The predicted octanol–water partition coefficient (Wildman–Crippen LogP) is 5.00. The Morgan fingerprint density at radius 1 is 1.09 bits per heavy atom. The molecule has 180 valence electrons. The molecule has 4 rings (SSSR count). The molecule has 2 N–H and O–H groups in total. The van der Waals surface area contributed by atoms with Crippen molar-refractivity contribution in [2.75, 3.05) is 32.0 Å². The molecule has 5 nitrogen and oxygen atoms in total. The van der Waals surface area contributed by atoms with Crippen molar-refractivity contribution in [2.24, 2.45) is 0 Å². The Bertz CT molecular complexity index is 1150. The molecule has 1 saturated heterocycles. The highest BCUT2D eigenvalue weighted by atomic mass is 15.1. The molecule has 3 heterocycles. The number of hydrogen-bond donors (Lipinski definition) is 2. The quantitative estimate of drug-likeness (QED) is 0.511. The monoisotopic (exact) mass is 457 g/mol. The molecular formula is C29H39N5. The third-order valence-electron chi connectivity index (χ3n) is 6.72. The number of nitrogens with one attached hydrogen (secondary N) is 2. The highest BCUT2D eigenvalue weighted by Gasteiger charge is 2.16. The summed E-state index contributed by atoms with van der Waals surface area (Å²) in [6.07, 6.45) is 4.36. The molecule has 0 bridgehead atoms. The Kier molecular flexibility index (Phi) is 7.60. The lowest BCUT2D eigenvalue weighted by atomic mass is 9.92. The highest BCUT2D eigenvalue weighted by Crippen LogP contribution is 2.22. The van der Waals surface area contributed by atoms with Crippen LogP contribution in [0.1, 0.15) is 57.5 Å². The first kappa shape index (κ1) is 24.3. The minimum absolute atomic E-state index is 0.0642. The van der Waals surface area contributed by atoms with Crippen LogP contribution in [0.4, 0.5) is 5.69 Å². The van der Waals surface area contributed by atoms with Crippen LogP contribution in [0.5, 0.6) is 0 Å². The van der Waals surface area contributed by atoms with E-state index < -0.39 is 0 Å². The van der Waals surface area contributed by atoms with Crippen molar-refractivity contribution in [1.29, 1.82) is 0 Å². The number of likely N-dealkylation sites (tertiary alicyclic amines) is 1. The summed E-state index contributed by atoms with van der Waals surface area (Å²) in [5, 5.41) is 8.39. The van der Waals surface area contributed by atoms with E-state index in [-0.39, 0.29) is 5.41 Å². The molecule has 0 aliphatic carbocycles. The van der Waals surface area contributed by atoms with Gasteiger partial charge in [0.15, 0.2) is 0 Å². The Balaban J connectivity index is 1.39. The van der Waals surface area contributed by atoms with Crippen molar-refractivity contribution in [1.82, 2.24) is 19.8 Å². The molecule has 0 spiro atoms. The molecule has 1 aromatic carbocycles. The Labute approximate surface area is 205 Å². The summed E-state index contributed by atoms with van der Waals surface area (Å²) < 4.78 is 2.30. The fourth-order valence-electron chi connectivity index (χ4n) is 4.57. The highest BCUT2D eigenvalue weighted by molar-refractivity contribution is 5.83. The van der Waals surface area contributed by atoms with Crippen molar-refractivity contribution < 1.29 is 0 Å². The van der Waals surface area contributed by atoms with Crippen LogP contribution in [0, 0.1) is 11.8 Å². The maximum absolute atomic E-state index is 4.58. The minimum atomic E-state index is 0.0642. The predicted molar refractivity (Wildman–Crippen MR) is 143 cm³/mol. The molecule has 0 radical (unpaired) electrons. The molecule has 1 fully saturated rings. The number of anilines is 1. The van der Waals surface area contributed by atoms with Gasteiger partial charge >= 0.3 is 0 Å². The molecule has 3 aromatic rings. The SMILES string of the molecule is CCn1c(C#CCNc2ccc(C(C)(C)C)nc2)cc2cc(CNC3CCN(C)CC3)ccc21. The van der Waals surface area contributed by atoms with Gasteiger partial charge in [-0.15, -0.1) is 0 Å². The second-order valence-corrected chi connectivity index (χ2v) is 10.5. The van der Waals surface area contributed by atoms with E-state index >= 15 is 0 Å². The van der Waals surface area contributed by atoms with Crippen LogP contribution < -0.4 is 10.6 Å². The van der Waals surface area contributed by atoms with Gasteiger partial charge in [-0.05, 0) is 81.7 Å². The zero-order valence-electron chi connectivity index (χ0n) is 21.4. The molecule has 0 atom stereocenters. The van der Waals surface area contributed by atoms with Crippen LogP contribution >= 0.6 is 0 Å². The van der Waals surface area contributed by atoms with E-state index in [1.54, 1.807) is 0 Å². The topological polar surface area (TPSA) is 45.1 Å². The van der Waals surface area contributed by atoms with Gasteiger partial charge in [0.1, 0.15) is 0 Å². The first-order valence-electron chi connectivity index (χ1n) is 12.6. The molecule has 2 aromatic heterocycles. The van der Waals surface area contributed by atoms with Gasteiger partial charge in [-0.3, -0.25) is 4.98 Å². The zero-order chi connectivity index (χ0) is 24.1. The van der Waals surface area contributed by atoms with Crippen LogP contribution in [-0.2, 0) is 18.5 Å². The Morgan fingerprint density at radius 3 is 2.56 bits per heavy atom. The summed E-state index contributed by atoms with van der Waals surface area (Å²) in [7, 11) is 2.21. The van der Waals surface area contributed by atoms with E-state index in [1.165, 1.54) is 42.4 Å². The third kappa shape index (κ3) is 6.00. The summed E-state index contributed by atoms with van der Waals surface area (Å²) in [6, 6.07) is 13.8. The summed E-state index contributed by atoms with van der Waals surface area (Å²) >= 11 is 0. The first-order chi connectivity index (χ1) is 16.3. The largest absolute Gasteiger partial charge is 0.373 e. The number of hydrogen-bond acceptors (Lipinski definition) is 4. The fraction of sp³-hybridized carbons (Fsp3) is 0.483. The molecule has 0 saturated carbocycles. The van der Waals surface area contributed by atoms with Gasteiger partial charge in [-0.1, -0.05) is 32.8 Å². The Hall–Kier alpha value is -2.81. The second-order valence-electron chi connectivity index (χ2n) is 10.5. The van der Waals surface area contributed by atoms with Crippen LogP contribution in [0.2, 0.25) is 0 Å². The molecule has 1 aliphatic rings. The van der Waals surface area contributed by atoms with E-state index in [4.69, 9.17) is 0 Å². The average Bonchev–Trinajstić information content (AvgIpc) is 3.17. The van der Waals surface area contributed by atoms with Crippen LogP contribution in [0.15, 0.2) is 42.6 Å². The third-order valence-corrected chi connectivity index (χ3v) is 6.72. The van der Waals surface area contributed by atoms with Crippen LogP contribution in [0.25, 0.3) is 10.9 Å².